The summed E-state index contributed by atoms with van der Waals surface area (Å²) in [7, 11) is 0. The van der Waals surface area contributed by atoms with E-state index in [1.54, 1.807) is 0 Å². The lowest BCUT2D eigenvalue weighted by molar-refractivity contribution is -0.384. The minimum absolute atomic E-state index is 0.0814. The number of nitrogen functional groups attached to an aromatic ring is 1. The van der Waals surface area contributed by atoms with Crippen LogP contribution in [0.5, 0.6) is 0 Å². The first kappa shape index (κ1) is 13.8. The third-order valence-corrected chi connectivity index (χ3v) is 2.78. The third-order valence-electron chi connectivity index (χ3n) is 2.78. The van der Waals surface area contributed by atoms with Gasteiger partial charge in [0.25, 0.3) is 5.69 Å². The summed E-state index contributed by atoms with van der Waals surface area (Å²) in [6, 6.07) is 10.4. The molecule has 0 aliphatic heterocycles. The highest BCUT2D eigenvalue weighted by atomic mass is 16.6. The second-order valence-electron chi connectivity index (χ2n) is 4.18. The SMILES string of the molecule is CCc1cccc(Nc2cc([N+](=O)[O-])cc(NN)n2)c1. The van der Waals surface area contributed by atoms with Crippen molar-refractivity contribution in [2.75, 3.05) is 10.7 Å². The molecule has 0 radical (unpaired) electrons. The quantitative estimate of drug-likeness (QED) is 0.439. The molecule has 2 aromatic rings. The number of aromatic nitrogens is 1. The summed E-state index contributed by atoms with van der Waals surface area (Å²) in [5.41, 5.74) is 4.22. The molecule has 0 bridgehead atoms. The van der Waals surface area contributed by atoms with Gasteiger partial charge in [-0.25, -0.2) is 10.8 Å². The van der Waals surface area contributed by atoms with Crippen molar-refractivity contribution in [3.05, 3.63) is 52.1 Å². The molecule has 0 unspecified atom stereocenters. The number of aryl methyl sites for hydroxylation is 1. The van der Waals surface area contributed by atoms with Crippen LogP contribution in [0.4, 0.5) is 23.0 Å². The van der Waals surface area contributed by atoms with Crippen LogP contribution < -0.4 is 16.6 Å². The van der Waals surface area contributed by atoms with Gasteiger partial charge < -0.3 is 10.7 Å². The van der Waals surface area contributed by atoms with Crippen molar-refractivity contribution in [1.82, 2.24) is 4.98 Å². The predicted octanol–water partition coefficient (Wildman–Crippen LogP) is 2.58. The number of hydrogen-bond acceptors (Lipinski definition) is 6. The number of nitrogens with zero attached hydrogens (tertiary/aromatic N) is 2. The molecule has 20 heavy (non-hydrogen) atoms. The van der Waals surface area contributed by atoms with E-state index in [9.17, 15) is 10.1 Å². The maximum Gasteiger partial charge on any atom is 0.276 e. The van der Waals surface area contributed by atoms with E-state index >= 15 is 0 Å². The maximum absolute atomic E-state index is 10.9. The Balaban J connectivity index is 2.32. The zero-order chi connectivity index (χ0) is 14.5. The van der Waals surface area contributed by atoms with Gasteiger partial charge in [-0.2, -0.15) is 0 Å². The summed E-state index contributed by atoms with van der Waals surface area (Å²) < 4.78 is 0. The number of pyridine rings is 1. The maximum atomic E-state index is 10.9. The van der Waals surface area contributed by atoms with E-state index in [1.807, 2.05) is 24.3 Å². The average molecular weight is 273 g/mol. The van der Waals surface area contributed by atoms with Gasteiger partial charge in [0, 0.05) is 5.69 Å². The van der Waals surface area contributed by atoms with Crippen molar-refractivity contribution >= 4 is 23.0 Å². The molecule has 0 saturated heterocycles. The summed E-state index contributed by atoms with van der Waals surface area (Å²) in [6.07, 6.45) is 0.910. The van der Waals surface area contributed by atoms with Crippen molar-refractivity contribution in [2.24, 2.45) is 5.84 Å². The number of hydrogen-bond donors (Lipinski definition) is 3. The van der Waals surface area contributed by atoms with Gasteiger partial charge in [-0.05, 0) is 24.1 Å². The Bertz CT molecular complexity index is 630. The zero-order valence-electron chi connectivity index (χ0n) is 11.0. The Morgan fingerprint density at radius 3 is 2.70 bits per heavy atom. The molecule has 7 nitrogen and oxygen atoms in total. The van der Waals surface area contributed by atoms with Crippen LogP contribution in [0.1, 0.15) is 12.5 Å². The molecule has 0 spiro atoms. The van der Waals surface area contributed by atoms with Crippen LogP contribution in [-0.4, -0.2) is 9.91 Å². The molecule has 7 heteroatoms. The first-order valence-corrected chi connectivity index (χ1v) is 6.11. The average Bonchev–Trinajstić information content (AvgIpc) is 2.47. The van der Waals surface area contributed by atoms with Gasteiger partial charge in [-0.1, -0.05) is 19.1 Å². The number of rotatable bonds is 5. The number of anilines is 3. The van der Waals surface area contributed by atoms with Crippen LogP contribution in [0.25, 0.3) is 0 Å². The van der Waals surface area contributed by atoms with Crippen LogP contribution in [-0.2, 0) is 6.42 Å². The first-order valence-electron chi connectivity index (χ1n) is 6.11. The fourth-order valence-corrected chi connectivity index (χ4v) is 1.78. The fourth-order valence-electron chi connectivity index (χ4n) is 1.78. The molecule has 0 aliphatic carbocycles. The highest BCUT2D eigenvalue weighted by Crippen LogP contribution is 2.23. The summed E-state index contributed by atoms with van der Waals surface area (Å²) in [6.45, 7) is 2.06. The summed E-state index contributed by atoms with van der Waals surface area (Å²) in [5, 5.41) is 13.9. The molecule has 0 fully saturated rings. The number of nitro groups is 1. The van der Waals surface area contributed by atoms with E-state index in [2.05, 4.69) is 22.7 Å². The van der Waals surface area contributed by atoms with Gasteiger partial charge in [0.2, 0.25) is 0 Å². The topological polar surface area (TPSA) is 106 Å². The van der Waals surface area contributed by atoms with Crippen LogP contribution >= 0.6 is 0 Å². The Hall–Kier alpha value is -2.67. The van der Waals surface area contributed by atoms with E-state index < -0.39 is 4.92 Å². The molecule has 1 aromatic heterocycles. The molecule has 2 rings (SSSR count). The van der Waals surface area contributed by atoms with Gasteiger partial charge in [0.1, 0.15) is 11.6 Å². The normalized spacial score (nSPS) is 10.1. The Morgan fingerprint density at radius 2 is 2.05 bits per heavy atom. The largest absolute Gasteiger partial charge is 0.340 e. The van der Waals surface area contributed by atoms with Crippen LogP contribution in [0.2, 0.25) is 0 Å². The highest BCUT2D eigenvalue weighted by Gasteiger charge is 2.11. The molecule has 0 amide bonds. The lowest BCUT2D eigenvalue weighted by Crippen LogP contribution is -2.10. The van der Waals surface area contributed by atoms with Crippen LogP contribution in [0, 0.1) is 10.1 Å². The van der Waals surface area contributed by atoms with E-state index in [4.69, 9.17) is 5.84 Å². The predicted molar refractivity (Wildman–Crippen MR) is 77.8 cm³/mol. The number of benzene rings is 1. The summed E-state index contributed by atoms with van der Waals surface area (Å²) in [4.78, 5) is 14.5. The van der Waals surface area contributed by atoms with Crippen molar-refractivity contribution in [3.8, 4) is 0 Å². The van der Waals surface area contributed by atoms with E-state index in [0.29, 0.717) is 5.82 Å². The molecule has 4 N–H and O–H groups in total. The van der Waals surface area contributed by atoms with E-state index in [1.165, 1.54) is 12.1 Å². The molecule has 1 heterocycles. The number of nitrogens with one attached hydrogen (secondary N) is 2. The monoisotopic (exact) mass is 273 g/mol. The molecule has 104 valence electrons. The van der Waals surface area contributed by atoms with Crippen molar-refractivity contribution < 1.29 is 4.92 Å². The van der Waals surface area contributed by atoms with Gasteiger partial charge in [0.15, 0.2) is 0 Å². The molecule has 0 saturated carbocycles. The van der Waals surface area contributed by atoms with E-state index in [0.717, 1.165) is 17.7 Å². The molecule has 1 aromatic carbocycles. The van der Waals surface area contributed by atoms with Crippen LogP contribution in [0.3, 0.4) is 0 Å². The smallest absolute Gasteiger partial charge is 0.276 e. The van der Waals surface area contributed by atoms with Crippen LogP contribution in [0.15, 0.2) is 36.4 Å². The Morgan fingerprint density at radius 1 is 1.30 bits per heavy atom. The Kier molecular flexibility index (Phi) is 4.11. The van der Waals surface area contributed by atoms with E-state index in [-0.39, 0.29) is 11.5 Å². The first-order chi connectivity index (χ1) is 9.62. The summed E-state index contributed by atoms with van der Waals surface area (Å²) >= 11 is 0. The minimum Gasteiger partial charge on any atom is -0.340 e. The van der Waals surface area contributed by atoms with Gasteiger partial charge in [-0.15, -0.1) is 0 Å². The molecule has 0 atom stereocenters. The van der Waals surface area contributed by atoms with Gasteiger partial charge >= 0.3 is 0 Å². The molecule has 0 aliphatic rings. The third kappa shape index (κ3) is 3.21. The highest BCUT2D eigenvalue weighted by molar-refractivity contribution is 5.62. The summed E-state index contributed by atoms with van der Waals surface area (Å²) in [5.74, 6) is 5.86. The lowest BCUT2D eigenvalue weighted by Gasteiger charge is -2.08. The minimum atomic E-state index is -0.490. The molecular formula is C13H15N5O2. The zero-order valence-corrected chi connectivity index (χ0v) is 11.0. The molecular weight excluding hydrogens is 258 g/mol. The Labute approximate surface area is 116 Å². The van der Waals surface area contributed by atoms with Gasteiger partial charge in [0.05, 0.1) is 17.1 Å². The van der Waals surface area contributed by atoms with Crippen molar-refractivity contribution in [1.29, 1.82) is 0 Å². The number of nitrogens with two attached hydrogens (primary N) is 1. The van der Waals surface area contributed by atoms with Gasteiger partial charge in [-0.3, -0.25) is 10.1 Å². The second-order valence-corrected chi connectivity index (χ2v) is 4.18. The van der Waals surface area contributed by atoms with Crippen molar-refractivity contribution in [2.45, 2.75) is 13.3 Å². The fraction of sp³-hybridized carbons (Fsp3) is 0.154. The number of hydrazine groups is 1. The van der Waals surface area contributed by atoms with Crippen molar-refractivity contribution in [3.63, 3.8) is 0 Å². The standard InChI is InChI=1S/C13H15N5O2/c1-2-9-4-3-5-10(6-9)15-12-7-11(18(19)20)8-13(16-12)17-14/h3-8H,2,14H2,1H3,(H2,15,16,17). The lowest BCUT2D eigenvalue weighted by atomic mass is 10.1. The second kappa shape index (κ2) is 5.98.